The molecule has 1 aliphatic rings. The van der Waals surface area contributed by atoms with Crippen LogP contribution < -0.4 is 15.4 Å². The molecule has 0 radical (unpaired) electrons. The highest BCUT2D eigenvalue weighted by molar-refractivity contribution is 5.89. The molecule has 1 heterocycles. The molecule has 0 aromatic heterocycles. The van der Waals surface area contributed by atoms with E-state index in [9.17, 15) is 4.79 Å². The second kappa shape index (κ2) is 9.06. The Hall–Kier alpha value is -1.79. The van der Waals surface area contributed by atoms with E-state index in [2.05, 4.69) is 27.5 Å². The number of hydrogen-bond donors (Lipinski definition) is 2. The normalized spacial score (nSPS) is 17.4. The summed E-state index contributed by atoms with van der Waals surface area (Å²) in [6, 6.07) is 5.64. The van der Waals surface area contributed by atoms with Gasteiger partial charge in [-0.05, 0) is 58.5 Å². The maximum absolute atomic E-state index is 12.2. The Bertz CT molecular complexity index is 569. The molecule has 1 atom stereocenters. The summed E-state index contributed by atoms with van der Waals surface area (Å²) in [5.74, 6) is 0.851. The summed E-state index contributed by atoms with van der Waals surface area (Å²) in [5.41, 5.74) is 1.79. The molecule has 6 heteroatoms. The molecule has 1 fully saturated rings. The number of nitrogens with one attached hydrogen (secondary N) is 2. The van der Waals surface area contributed by atoms with Crippen molar-refractivity contribution in [1.82, 2.24) is 15.1 Å². The number of urea groups is 1. The number of carbonyl (C=O) groups is 1. The van der Waals surface area contributed by atoms with Crippen molar-refractivity contribution in [3.8, 4) is 5.75 Å². The molecule has 1 aromatic rings. The lowest BCUT2D eigenvalue weighted by Crippen LogP contribution is -2.50. The number of nitrogens with zero attached hydrogens (tertiary/aromatic N) is 2. The molecule has 0 spiro atoms. The first-order chi connectivity index (χ1) is 11.8. The molecule has 0 aliphatic carbocycles. The third-order valence-electron chi connectivity index (χ3n) is 4.30. The van der Waals surface area contributed by atoms with Gasteiger partial charge in [0.15, 0.2) is 0 Å². The average molecular weight is 348 g/mol. The number of carbonyl (C=O) groups excluding carboxylic acids is 1. The zero-order valence-corrected chi connectivity index (χ0v) is 16.1. The lowest BCUT2D eigenvalue weighted by atomic mass is 10.2. The fraction of sp³-hybridized carbons (Fsp3) is 0.632. The summed E-state index contributed by atoms with van der Waals surface area (Å²) in [7, 11) is 2.14. The van der Waals surface area contributed by atoms with E-state index in [0.717, 1.165) is 49.7 Å². The van der Waals surface area contributed by atoms with Crippen LogP contribution in [-0.2, 0) is 0 Å². The van der Waals surface area contributed by atoms with Crippen LogP contribution in [0.25, 0.3) is 0 Å². The molecule has 0 bridgehead atoms. The van der Waals surface area contributed by atoms with E-state index >= 15 is 0 Å². The second-order valence-electron chi connectivity index (χ2n) is 7.25. The van der Waals surface area contributed by atoms with Gasteiger partial charge in [0.2, 0.25) is 0 Å². The zero-order valence-electron chi connectivity index (χ0n) is 16.1. The van der Waals surface area contributed by atoms with Gasteiger partial charge in [-0.15, -0.1) is 0 Å². The molecule has 0 unspecified atom stereocenters. The molecular formula is C19H32N4O2. The monoisotopic (exact) mass is 348 g/mol. The van der Waals surface area contributed by atoms with E-state index in [1.54, 1.807) is 0 Å². The molecule has 0 saturated carbocycles. The third kappa shape index (κ3) is 6.55. The van der Waals surface area contributed by atoms with Gasteiger partial charge in [0.05, 0.1) is 6.10 Å². The van der Waals surface area contributed by atoms with Gasteiger partial charge in [-0.1, -0.05) is 0 Å². The maximum Gasteiger partial charge on any atom is 0.319 e. The standard InChI is InChI=1S/C19H32N4O2/c1-14(2)25-18-7-6-17(12-15(18)3)21-19(24)20-16(4)13-23-10-8-22(5)9-11-23/h6-7,12,14,16H,8-11,13H2,1-5H3,(H2,20,21,24)/t16-/m1/s1. The lowest BCUT2D eigenvalue weighted by Gasteiger charge is -2.34. The van der Waals surface area contributed by atoms with Gasteiger partial charge in [-0.2, -0.15) is 0 Å². The van der Waals surface area contributed by atoms with Crippen LogP contribution >= 0.6 is 0 Å². The highest BCUT2D eigenvalue weighted by Gasteiger charge is 2.17. The molecule has 6 nitrogen and oxygen atoms in total. The van der Waals surface area contributed by atoms with E-state index in [1.807, 2.05) is 45.9 Å². The number of piperazine rings is 1. The first kappa shape index (κ1) is 19.5. The van der Waals surface area contributed by atoms with E-state index in [0.29, 0.717) is 0 Å². The minimum atomic E-state index is -0.168. The van der Waals surface area contributed by atoms with E-state index in [-0.39, 0.29) is 18.2 Å². The van der Waals surface area contributed by atoms with Gasteiger partial charge in [-0.25, -0.2) is 4.79 Å². The molecular weight excluding hydrogens is 316 g/mol. The molecule has 2 rings (SSSR count). The largest absolute Gasteiger partial charge is 0.491 e. The van der Waals surface area contributed by atoms with Crippen LogP contribution in [0.15, 0.2) is 18.2 Å². The highest BCUT2D eigenvalue weighted by atomic mass is 16.5. The van der Waals surface area contributed by atoms with Crippen LogP contribution in [0.3, 0.4) is 0 Å². The van der Waals surface area contributed by atoms with E-state index in [4.69, 9.17) is 4.74 Å². The molecule has 25 heavy (non-hydrogen) atoms. The first-order valence-electron chi connectivity index (χ1n) is 9.09. The molecule has 2 N–H and O–H groups in total. The van der Waals surface area contributed by atoms with Gasteiger partial charge in [0.25, 0.3) is 0 Å². The predicted octanol–water partition coefficient (Wildman–Crippen LogP) is 2.54. The Morgan fingerprint density at radius 1 is 1.20 bits per heavy atom. The fourth-order valence-corrected chi connectivity index (χ4v) is 2.97. The van der Waals surface area contributed by atoms with Crippen molar-refractivity contribution in [3.63, 3.8) is 0 Å². The van der Waals surface area contributed by atoms with Crippen molar-refractivity contribution < 1.29 is 9.53 Å². The molecule has 1 saturated heterocycles. The Morgan fingerprint density at radius 3 is 2.48 bits per heavy atom. The average Bonchev–Trinajstić information content (AvgIpc) is 2.51. The summed E-state index contributed by atoms with van der Waals surface area (Å²) in [6.07, 6.45) is 0.135. The summed E-state index contributed by atoms with van der Waals surface area (Å²) >= 11 is 0. The Balaban J connectivity index is 1.80. The summed E-state index contributed by atoms with van der Waals surface area (Å²) in [4.78, 5) is 16.9. The first-order valence-corrected chi connectivity index (χ1v) is 9.09. The van der Waals surface area contributed by atoms with Crippen LogP contribution in [0.1, 0.15) is 26.3 Å². The van der Waals surface area contributed by atoms with Crippen molar-refractivity contribution in [2.75, 3.05) is 45.1 Å². The minimum absolute atomic E-state index is 0.105. The van der Waals surface area contributed by atoms with Crippen molar-refractivity contribution in [2.45, 2.75) is 39.8 Å². The van der Waals surface area contributed by atoms with Crippen LogP contribution in [0.2, 0.25) is 0 Å². The SMILES string of the molecule is Cc1cc(NC(=O)N[C@H](C)CN2CCN(C)CC2)ccc1OC(C)C. The van der Waals surface area contributed by atoms with Crippen LogP contribution in [0.4, 0.5) is 10.5 Å². The zero-order chi connectivity index (χ0) is 18.4. The lowest BCUT2D eigenvalue weighted by molar-refractivity contribution is 0.145. The van der Waals surface area contributed by atoms with Gasteiger partial charge in [-0.3, -0.25) is 4.90 Å². The van der Waals surface area contributed by atoms with Crippen molar-refractivity contribution in [1.29, 1.82) is 0 Å². The smallest absolute Gasteiger partial charge is 0.319 e. The summed E-state index contributed by atoms with van der Waals surface area (Å²) in [5, 5.41) is 5.92. The molecule has 1 aliphatic heterocycles. The quantitative estimate of drug-likeness (QED) is 0.829. The number of benzene rings is 1. The minimum Gasteiger partial charge on any atom is -0.491 e. The number of amides is 2. The predicted molar refractivity (Wildman–Crippen MR) is 102 cm³/mol. The number of hydrogen-bond acceptors (Lipinski definition) is 4. The topological polar surface area (TPSA) is 56.8 Å². The number of aryl methyl sites for hydroxylation is 1. The third-order valence-corrected chi connectivity index (χ3v) is 4.30. The molecule has 140 valence electrons. The number of anilines is 1. The summed E-state index contributed by atoms with van der Waals surface area (Å²) < 4.78 is 5.72. The van der Waals surface area contributed by atoms with Crippen molar-refractivity contribution >= 4 is 11.7 Å². The second-order valence-corrected chi connectivity index (χ2v) is 7.25. The van der Waals surface area contributed by atoms with E-state index < -0.39 is 0 Å². The van der Waals surface area contributed by atoms with Gasteiger partial charge in [0.1, 0.15) is 5.75 Å². The molecule has 2 amide bonds. The Kier molecular flexibility index (Phi) is 7.08. The number of likely N-dealkylation sites (N-methyl/N-ethyl adjacent to an activating group) is 1. The van der Waals surface area contributed by atoms with E-state index in [1.165, 1.54) is 0 Å². The molecule has 1 aromatic carbocycles. The van der Waals surface area contributed by atoms with Crippen LogP contribution in [0.5, 0.6) is 5.75 Å². The van der Waals surface area contributed by atoms with Crippen molar-refractivity contribution in [2.24, 2.45) is 0 Å². The number of rotatable bonds is 6. The Morgan fingerprint density at radius 2 is 1.88 bits per heavy atom. The van der Waals surface area contributed by atoms with Gasteiger partial charge >= 0.3 is 6.03 Å². The highest BCUT2D eigenvalue weighted by Crippen LogP contribution is 2.22. The van der Waals surface area contributed by atoms with Gasteiger partial charge < -0.3 is 20.3 Å². The number of ether oxygens (including phenoxy) is 1. The summed E-state index contributed by atoms with van der Waals surface area (Å²) in [6.45, 7) is 13.2. The van der Waals surface area contributed by atoms with Crippen LogP contribution in [-0.4, -0.2) is 67.7 Å². The Labute approximate surface area is 151 Å². The maximum atomic E-state index is 12.2. The van der Waals surface area contributed by atoms with Gasteiger partial charge in [0, 0.05) is 44.5 Å². The van der Waals surface area contributed by atoms with Crippen LogP contribution in [0, 0.1) is 6.92 Å². The fourth-order valence-electron chi connectivity index (χ4n) is 2.97. The van der Waals surface area contributed by atoms with Crippen molar-refractivity contribution in [3.05, 3.63) is 23.8 Å².